The summed E-state index contributed by atoms with van der Waals surface area (Å²) in [6.45, 7) is 2.25. The van der Waals surface area contributed by atoms with Crippen LogP contribution in [0, 0.1) is 11.2 Å². The quantitative estimate of drug-likeness (QED) is 0.852. The first-order chi connectivity index (χ1) is 11.6. The van der Waals surface area contributed by atoms with Crippen molar-refractivity contribution in [2.45, 2.75) is 31.7 Å². The normalized spacial score (nSPS) is 22.2. The number of piperazine rings is 1. The molecule has 1 aromatic carbocycles. The smallest absolute Gasteiger partial charge is 0.238 e. The van der Waals surface area contributed by atoms with Gasteiger partial charge in [0.15, 0.2) is 0 Å². The van der Waals surface area contributed by atoms with E-state index in [1.807, 2.05) is 11.0 Å². The summed E-state index contributed by atoms with van der Waals surface area (Å²) >= 11 is 0. The average Bonchev–Trinajstić information content (AvgIpc) is 3.49. The van der Waals surface area contributed by atoms with Gasteiger partial charge in [0.1, 0.15) is 11.2 Å². The highest BCUT2D eigenvalue weighted by molar-refractivity contribution is 6.08. The van der Waals surface area contributed by atoms with Gasteiger partial charge in [-0.2, -0.15) is 0 Å². The summed E-state index contributed by atoms with van der Waals surface area (Å²) in [6, 6.07) is 6.98. The monoisotopic (exact) mass is 331 g/mol. The summed E-state index contributed by atoms with van der Waals surface area (Å²) in [7, 11) is 0. The summed E-state index contributed by atoms with van der Waals surface area (Å²) in [5.74, 6) is -0.375. The third kappa shape index (κ3) is 2.74. The van der Waals surface area contributed by atoms with Crippen LogP contribution < -0.4 is 10.2 Å². The molecule has 0 bridgehead atoms. The number of nitrogens with zero attached hydrogens (tertiary/aromatic N) is 2. The van der Waals surface area contributed by atoms with Gasteiger partial charge in [-0.3, -0.25) is 9.59 Å². The maximum atomic E-state index is 13.9. The summed E-state index contributed by atoms with van der Waals surface area (Å²) < 4.78 is 13.9. The van der Waals surface area contributed by atoms with Gasteiger partial charge in [0, 0.05) is 32.2 Å². The Hall–Kier alpha value is -2.11. The zero-order valence-corrected chi connectivity index (χ0v) is 13.6. The number of benzene rings is 1. The Kier molecular flexibility index (Phi) is 3.70. The number of nitrogens with one attached hydrogen (secondary N) is 1. The minimum Gasteiger partial charge on any atom is -0.366 e. The van der Waals surface area contributed by atoms with Gasteiger partial charge in [-0.15, -0.1) is 0 Å². The van der Waals surface area contributed by atoms with Crippen LogP contribution in [0.2, 0.25) is 0 Å². The molecule has 0 aromatic heterocycles. The first-order valence-corrected chi connectivity index (χ1v) is 8.70. The van der Waals surface area contributed by atoms with Gasteiger partial charge in [0.05, 0.1) is 5.69 Å². The lowest BCUT2D eigenvalue weighted by molar-refractivity contribution is -0.144. The predicted octanol–water partition coefficient (Wildman–Crippen LogP) is 1.53. The van der Waals surface area contributed by atoms with Gasteiger partial charge in [-0.05, 0) is 37.8 Å². The van der Waals surface area contributed by atoms with E-state index in [1.165, 1.54) is 6.07 Å². The van der Waals surface area contributed by atoms with E-state index in [9.17, 15) is 14.0 Å². The molecule has 1 saturated heterocycles. The molecule has 2 aliphatic carbocycles. The van der Waals surface area contributed by atoms with Crippen molar-refractivity contribution in [3.63, 3.8) is 0 Å². The van der Waals surface area contributed by atoms with Crippen molar-refractivity contribution < 1.29 is 14.0 Å². The molecule has 3 aliphatic rings. The van der Waals surface area contributed by atoms with Crippen LogP contribution >= 0.6 is 0 Å². The number of amides is 2. The molecule has 0 spiro atoms. The Bertz CT molecular complexity index is 662. The highest BCUT2D eigenvalue weighted by Crippen LogP contribution is 2.48. The summed E-state index contributed by atoms with van der Waals surface area (Å²) in [5.41, 5.74) is -0.236. The molecule has 4 rings (SSSR count). The molecule has 5 nitrogen and oxygen atoms in total. The summed E-state index contributed by atoms with van der Waals surface area (Å²) in [5, 5.41) is 2.97. The van der Waals surface area contributed by atoms with E-state index < -0.39 is 5.41 Å². The van der Waals surface area contributed by atoms with Crippen molar-refractivity contribution in [2.75, 3.05) is 31.1 Å². The maximum absolute atomic E-state index is 13.9. The molecular weight excluding hydrogens is 309 g/mol. The van der Waals surface area contributed by atoms with Crippen molar-refractivity contribution >= 4 is 17.5 Å². The van der Waals surface area contributed by atoms with Crippen LogP contribution in [-0.2, 0) is 9.59 Å². The van der Waals surface area contributed by atoms with E-state index in [1.54, 1.807) is 17.0 Å². The number of carbonyl (C=O) groups is 2. The summed E-state index contributed by atoms with van der Waals surface area (Å²) in [4.78, 5) is 28.9. The molecule has 1 heterocycles. The van der Waals surface area contributed by atoms with Crippen molar-refractivity contribution in [2.24, 2.45) is 5.41 Å². The lowest BCUT2D eigenvalue weighted by atomic mass is 10.0. The van der Waals surface area contributed by atoms with E-state index in [-0.39, 0.29) is 23.7 Å². The summed E-state index contributed by atoms with van der Waals surface area (Å²) in [6.07, 6.45) is 3.35. The van der Waals surface area contributed by atoms with E-state index >= 15 is 0 Å². The molecule has 0 atom stereocenters. The number of anilines is 1. The second-order valence-corrected chi connectivity index (χ2v) is 7.06. The lowest BCUT2D eigenvalue weighted by Crippen LogP contribution is -2.53. The Balaban J connectivity index is 1.38. The lowest BCUT2D eigenvalue weighted by Gasteiger charge is -2.37. The number of para-hydroxylation sites is 1. The van der Waals surface area contributed by atoms with Gasteiger partial charge in [0.2, 0.25) is 11.8 Å². The van der Waals surface area contributed by atoms with E-state index in [4.69, 9.17) is 0 Å². The molecule has 2 saturated carbocycles. The van der Waals surface area contributed by atoms with Gasteiger partial charge in [0.25, 0.3) is 0 Å². The van der Waals surface area contributed by atoms with Gasteiger partial charge in [-0.25, -0.2) is 4.39 Å². The van der Waals surface area contributed by atoms with Crippen LogP contribution in [0.3, 0.4) is 0 Å². The van der Waals surface area contributed by atoms with Gasteiger partial charge in [-0.1, -0.05) is 12.1 Å². The van der Waals surface area contributed by atoms with Crippen molar-refractivity contribution in [1.29, 1.82) is 0 Å². The fraction of sp³-hybridized carbons (Fsp3) is 0.556. The van der Waals surface area contributed by atoms with Crippen LogP contribution in [0.5, 0.6) is 0 Å². The van der Waals surface area contributed by atoms with Crippen LogP contribution in [0.1, 0.15) is 25.7 Å². The molecule has 1 aromatic rings. The minimum absolute atomic E-state index is 0.0474. The molecule has 0 unspecified atom stereocenters. The molecule has 1 aliphatic heterocycles. The second-order valence-electron chi connectivity index (χ2n) is 7.06. The molecule has 2 amide bonds. The van der Waals surface area contributed by atoms with Crippen LogP contribution in [-0.4, -0.2) is 48.9 Å². The Labute approximate surface area is 140 Å². The number of hydrogen-bond acceptors (Lipinski definition) is 3. The average molecular weight is 331 g/mol. The third-order valence-corrected chi connectivity index (χ3v) is 5.27. The molecule has 1 N–H and O–H groups in total. The first-order valence-electron chi connectivity index (χ1n) is 8.70. The van der Waals surface area contributed by atoms with E-state index in [2.05, 4.69) is 5.32 Å². The van der Waals surface area contributed by atoms with Crippen molar-refractivity contribution in [3.8, 4) is 0 Å². The van der Waals surface area contributed by atoms with E-state index in [0.29, 0.717) is 44.7 Å². The van der Waals surface area contributed by atoms with Gasteiger partial charge < -0.3 is 15.1 Å². The van der Waals surface area contributed by atoms with E-state index in [0.717, 1.165) is 12.8 Å². The Morgan fingerprint density at radius 2 is 1.75 bits per heavy atom. The standard InChI is InChI=1S/C18H22FN3O2/c19-14-3-1-2-4-15(14)21-9-11-22(12-10-21)17(24)18(7-8-18)16(23)20-13-5-6-13/h1-4,13H,5-12H2,(H,20,23). The zero-order chi connectivity index (χ0) is 16.7. The van der Waals surface area contributed by atoms with Gasteiger partial charge >= 0.3 is 0 Å². The predicted molar refractivity (Wildman–Crippen MR) is 88.0 cm³/mol. The molecule has 6 heteroatoms. The molecular formula is C18H22FN3O2. The number of hydrogen-bond donors (Lipinski definition) is 1. The van der Waals surface area contributed by atoms with Crippen LogP contribution in [0.15, 0.2) is 24.3 Å². The second kappa shape index (κ2) is 5.76. The maximum Gasteiger partial charge on any atom is 0.238 e. The highest BCUT2D eigenvalue weighted by atomic mass is 19.1. The number of rotatable bonds is 4. The number of carbonyl (C=O) groups excluding carboxylic acids is 2. The molecule has 128 valence electrons. The fourth-order valence-corrected chi connectivity index (χ4v) is 3.38. The third-order valence-electron chi connectivity index (χ3n) is 5.27. The topological polar surface area (TPSA) is 52.7 Å². The molecule has 3 fully saturated rings. The Morgan fingerprint density at radius 1 is 1.08 bits per heavy atom. The zero-order valence-electron chi connectivity index (χ0n) is 13.6. The van der Waals surface area contributed by atoms with Crippen LogP contribution in [0.4, 0.5) is 10.1 Å². The fourth-order valence-electron chi connectivity index (χ4n) is 3.38. The highest BCUT2D eigenvalue weighted by Gasteiger charge is 2.58. The molecule has 24 heavy (non-hydrogen) atoms. The largest absolute Gasteiger partial charge is 0.366 e. The van der Waals surface area contributed by atoms with Crippen LogP contribution in [0.25, 0.3) is 0 Å². The SMILES string of the molecule is O=C(NC1CC1)C1(C(=O)N2CCN(c3ccccc3F)CC2)CC1. The Morgan fingerprint density at radius 3 is 2.33 bits per heavy atom. The first kappa shape index (κ1) is 15.4. The molecule has 0 radical (unpaired) electrons. The number of halogens is 1. The van der Waals surface area contributed by atoms with Crippen molar-refractivity contribution in [1.82, 2.24) is 10.2 Å². The van der Waals surface area contributed by atoms with Crippen molar-refractivity contribution in [3.05, 3.63) is 30.1 Å². The minimum atomic E-state index is -0.817.